The summed E-state index contributed by atoms with van der Waals surface area (Å²) in [6.45, 7) is 3.74. The van der Waals surface area contributed by atoms with E-state index in [-0.39, 0.29) is 5.91 Å². The lowest BCUT2D eigenvalue weighted by molar-refractivity contribution is -0.121. The largest absolute Gasteiger partial charge is 0.496 e. The van der Waals surface area contributed by atoms with Crippen molar-refractivity contribution in [1.82, 2.24) is 20.0 Å². The van der Waals surface area contributed by atoms with Crippen LogP contribution in [0.4, 0.5) is 0 Å². The number of carbonyl (C=O) groups excluding carboxylic acids is 1. The Bertz CT molecular complexity index is 909. The number of aromatic nitrogens is 3. The Balaban J connectivity index is 1.82. The summed E-state index contributed by atoms with van der Waals surface area (Å²) in [5, 5.41) is 7.04. The second kappa shape index (κ2) is 8.07. The third-order valence-corrected chi connectivity index (χ3v) is 4.66. The summed E-state index contributed by atoms with van der Waals surface area (Å²) in [4.78, 5) is 17.1. The smallest absolute Gasteiger partial charge is 0.221 e. The monoisotopic (exact) mass is 368 g/mol. The van der Waals surface area contributed by atoms with Crippen molar-refractivity contribution in [1.29, 1.82) is 0 Å². The summed E-state index contributed by atoms with van der Waals surface area (Å²) in [6.07, 6.45) is 4.48. The Labute approximate surface area is 158 Å². The molecule has 1 N–H and O–H groups in total. The summed E-state index contributed by atoms with van der Waals surface area (Å²) in [6, 6.07) is 7.23. The van der Waals surface area contributed by atoms with E-state index in [1.807, 2.05) is 55.9 Å². The number of hydrogen-bond acceptors (Lipinski definition) is 5. The van der Waals surface area contributed by atoms with Crippen molar-refractivity contribution in [3.8, 4) is 5.75 Å². The van der Waals surface area contributed by atoms with E-state index in [1.165, 1.54) is 0 Å². The molecule has 0 radical (unpaired) electrons. The van der Waals surface area contributed by atoms with Crippen LogP contribution in [0.15, 0.2) is 41.2 Å². The number of hydrogen-bond donors (Lipinski definition) is 1. The number of para-hydroxylation sites is 1. The second-order valence-electron chi connectivity index (χ2n) is 6.44. The molecular formula is C20H24N4O3. The topological polar surface area (TPSA) is 82.2 Å². The molecule has 3 aromatic rings. The Morgan fingerprint density at radius 1 is 1.33 bits per heavy atom. The van der Waals surface area contributed by atoms with Gasteiger partial charge in [-0.1, -0.05) is 23.4 Å². The number of methoxy groups -OCH3 is 1. The second-order valence-corrected chi connectivity index (χ2v) is 6.44. The van der Waals surface area contributed by atoms with E-state index >= 15 is 0 Å². The van der Waals surface area contributed by atoms with Crippen LogP contribution in [0.5, 0.6) is 5.75 Å². The Morgan fingerprint density at radius 3 is 2.74 bits per heavy atom. The van der Waals surface area contributed by atoms with Crippen LogP contribution in [-0.2, 0) is 18.3 Å². The van der Waals surface area contributed by atoms with Gasteiger partial charge in [0.2, 0.25) is 5.91 Å². The van der Waals surface area contributed by atoms with Gasteiger partial charge >= 0.3 is 0 Å². The van der Waals surface area contributed by atoms with Gasteiger partial charge < -0.3 is 19.1 Å². The minimum atomic E-state index is -0.404. The zero-order valence-corrected chi connectivity index (χ0v) is 16.0. The molecule has 0 saturated carbocycles. The van der Waals surface area contributed by atoms with Gasteiger partial charge in [0.1, 0.15) is 23.4 Å². The Kier molecular flexibility index (Phi) is 5.59. The van der Waals surface area contributed by atoms with E-state index < -0.39 is 6.04 Å². The first-order chi connectivity index (χ1) is 13.0. The fourth-order valence-corrected chi connectivity index (χ4v) is 3.17. The zero-order valence-electron chi connectivity index (χ0n) is 16.0. The van der Waals surface area contributed by atoms with Crippen LogP contribution in [0.25, 0.3) is 0 Å². The summed E-state index contributed by atoms with van der Waals surface area (Å²) in [5.41, 5.74) is 2.67. The molecule has 0 aliphatic carbocycles. The van der Waals surface area contributed by atoms with Gasteiger partial charge in [-0.25, -0.2) is 4.98 Å². The lowest BCUT2D eigenvalue weighted by atomic mass is 10.0. The van der Waals surface area contributed by atoms with Crippen molar-refractivity contribution in [2.75, 3.05) is 7.11 Å². The average molecular weight is 368 g/mol. The number of rotatable bonds is 7. The highest BCUT2D eigenvalue weighted by Crippen LogP contribution is 2.29. The van der Waals surface area contributed by atoms with Gasteiger partial charge in [0, 0.05) is 37.0 Å². The van der Waals surface area contributed by atoms with Crippen molar-refractivity contribution < 1.29 is 14.1 Å². The van der Waals surface area contributed by atoms with Crippen LogP contribution < -0.4 is 10.1 Å². The van der Waals surface area contributed by atoms with E-state index in [0.717, 1.165) is 28.4 Å². The third kappa shape index (κ3) is 4.02. The fourth-order valence-electron chi connectivity index (χ4n) is 3.17. The lowest BCUT2D eigenvalue weighted by Gasteiger charge is -2.21. The molecule has 0 aliphatic rings. The number of carbonyl (C=O) groups is 1. The molecule has 0 aliphatic heterocycles. The minimum absolute atomic E-state index is 0.0751. The first-order valence-electron chi connectivity index (χ1n) is 8.82. The van der Waals surface area contributed by atoms with Gasteiger partial charge in [-0.3, -0.25) is 4.79 Å². The molecule has 0 bridgehead atoms. The van der Waals surface area contributed by atoms with Gasteiger partial charge in [0.05, 0.1) is 12.8 Å². The van der Waals surface area contributed by atoms with Crippen molar-refractivity contribution in [2.24, 2.45) is 7.05 Å². The van der Waals surface area contributed by atoms with Gasteiger partial charge in [-0.2, -0.15) is 0 Å². The van der Waals surface area contributed by atoms with E-state index in [1.54, 1.807) is 13.3 Å². The fraction of sp³-hybridized carbons (Fsp3) is 0.350. The molecule has 7 nitrogen and oxygen atoms in total. The molecule has 2 aromatic heterocycles. The highest BCUT2D eigenvalue weighted by Gasteiger charge is 2.24. The number of ether oxygens (including phenoxy) is 1. The summed E-state index contributed by atoms with van der Waals surface area (Å²) < 4.78 is 12.6. The van der Waals surface area contributed by atoms with Gasteiger partial charge in [0.15, 0.2) is 0 Å². The first-order valence-corrected chi connectivity index (χ1v) is 8.82. The van der Waals surface area contributed by atoms with Crippen molar-refractivity contribution in [2.45, 2.75) is 32.7 Å². The van der Waals surface area contributed by atoms with E-state index in [4.69, 9.17) is 9.26 Å². The minimum Gasteiger partial charge on any atom is -0.496 e. The maximum absolute atomic E-state index is 12.7. The molecule has 1 amide bonds. The molecule has 27 heavy (non-hydrogen) atoms. The van der Waals surface area contributed by atoms with Crippen LogP contribution in [0.3, 0.4) is 0 Å². The number of amides is 1. The molecule has 0 spiro atoms. The summed E-state index contributed by atoms with van der Waals surface area (Å²) in [7, 11) is 3.52. The van der Waals surface area contributed by atoms with Gasteiger partial charge in [0.25, 0.3) is 0 Å². The maximum Gasteiger partial charge on any atom is 0.221 e. The molecular weight excluding hydrogens is 344 g/mol. The van der Waals surface area contributed by atoms with Gasteiger partial charge in [-0.15, -0.1) is 0 Å². The predicted molar refractivity (Wildman–Crippen MR) is 100 cm³/mol. The zero-order chi connectivity index (χ0) is 19.4. The SMILES string of the molecule is COc1ccccc1C(NC(=O)CCc1c(C)noc1C)c1nccn1C. The Morgan fingerprint density at radius 2 is 2.11 bits per heavy atom. The molecule has 7 heteroatoms. The maximum atomic E-state index is 12.7. The normalized spacial score (nSPS) is 12.0. The molecule has 1 aromatic carbocycles. The summed E-state index contributed by atoms with van der Waals surface area (Å²) >= 11 is 0. The van der Waals surface area contributed by atoms with Crippen molar-refractivity contribution in [3.63, 3.8) is 0 Å². The van der Waals surface area contributed by atoms with E-state index in [9.17, 15) is 4.79 Å². The van der Waals surface area contributed by atoms with Crippen LogP contribution in [0.2, 0.25) is 0 Å². The van der Waals surface area contributed by atoms with Crippen LogP contribution in [-0.4, -0.2) is 27.7 Å². The van der Waals surface area contributed by atoms with Crippen molar-refractivity contribution in [3.05, 3.63) is 65.1 Å². The molecule has 2 heterocycles. The molecule has 0 fully saturated rings. The molecule has 0 saturated heterocycles. The van der Waals surface area contributed by atoms with Crippen LogP contribution >= 0.6 is 0 Å². The predicted octanol–water partition coefficient (Wildman–Crippen LogP) is 2.87. The number of nitrogens with zero attached hydrogens (tertiary/aromatic N) is 3. The van der Waals surface area contributed by atoms with E-state index in [2.05, 4.69) is 15.5 Å². The summed E-state index contributed by atoms with van der Waals surface area (Å²) in [5.74, 6) is 2.13. The quantitative estimate of drug-likeness (QED) is 0.693. The number of aryl methyl sites for hydroxylation is 3. The lowest BCUT2D eigenvalue weighted by Crippen LogP contribution is -2.31. The standard InChI is InChI=1S/C20H24N4O3/c1-13-15(14(2)27-23-13)9-10-18(25)22-19(20-21-11-12-24(20)3)16-7-5-6-8-17(16)26-4/h5-8,11-12,19H,9-10H2,1-4H3,(H,22,25). The highest BCUT2D eigenvalue weighted by molar-refractivity contribution is 5.77. The number of benzene rings is 1. The van der Waals surface area contributed by atoms with Crippen molar-refractivity contribution >= 4 is 5.91 Å². The molecule has 142 valence electrons. The van der Waals surface area contributed by atoms with Crippen LogP contribution in [0.1, 0.15) is 40.9 Å². The molecule has 1 atom stereocenters. The Hall–Kier alpha value is -3.09. The van der Waals surface area contributed by atoms with Gasteiger partial charge in [-0.05, 0) is 26.3 Å². The average Bonchev–Trinajstić information content (AvgIpc) is 3.23. The first kappa shape index (κ1) is 18.7. The third-order valence-electron chi connectivity index (χ3n) is 4.66. The molecule has 1 unspecified atom stereocenters. The number of nitrogens with one attached hydrogen (secondary N) is 1. The molecule has 3 rings (SSSR count). The van der Waals surface area contributed by atoms with E-state index in [0.29, 0.717) is 18.6 Å². The number of imidazole rings is 1. The highest BCUT2D eigenvalue weighted by atomic mass is 16.5. The van der Waals surface area contributed by atoms with Crippen LogP contribution in [0, 0.1) is 13.8 Å².